The Hall–Kier alpha value is -1.39. The Labute approximate surface area is 96.4 Å². The molecule has 0 atom stereocenters. The topological polar surface area (TPSA) is 17.1 Å². The third kappa shape index (κ3) is 4.54. The summed E-state index contributed by atoms with van der Waals surface area (Å²) in [5.41, 5.74) is 0.732. The zero-order valence-electron chi connectivity index (χ0n) is 9.27. The number of halogens is 4. The molecule has 94 valence electrons. The first kappa shape index (κ1) is 13.7. The third-order valence-corrected chi connectivity index (χ3v) is 2.35. The number of carbonyl (C=O) groups excluding carboxylic acids is 1. The highest BCUT2D eigenvalue weighted by molar-refractivity contribution is 5.97. The van der Waals surface area contributed by atoms with Gasteiger partial charge >= 0.3 is 6.18 Å². The van der Waals surface area contributed by atoms with Gasteiger partial charge in [0.1, 0.15) is 5.82 Å². The minimum Gasteiger partial charge on any atom is -0.294 e. The lowest BCUT2D eigenvalue weighted by Crippen LogP contribution is -2.09. The Morgan fingerprint density at radius 1 is 1.29 bits per heavy atom. The van der Waals surface area contributed by atoms with Crippen molar-refractivity contribution in [1.29, 1.82) is 0 Å². The van der Waals surface area contributed by atoms with Gasteiger partial charge in [-0.3, -0.25) is 4.79 Å². The first-order chi connectivity index (χ1) is 7.79. The monoisotopic (exact) mass is 248 g/mol. The van der Waals surface area contributed by atoms with Crippen molar-refractivity contribution in [2.24, 2.45) is 0 Å². The van der Waals surface area contributed by atoms with Crippen molar-refractivity contribution in [2.45, 2.75) is 32.4 Å². The molecule has 0 bridgehead atoms. The highest BCUT2D eigenvalue weighted by atomic mass is 19.4. The number of hydrogen-bond acceptors (Lipinski definition) is 1. The summed E-state index contributed by atoms with van der Waals surface area (Å²) in [4.78, 5) is 11.6. The number of aryl methyl sites for hydroxylation is 1. The zero-order chi connectivity index (χ0) is 13.1. The Morgan fingerprint density at radius 2 is 1.94 bits per heavy atom. The van der Waals surface area contributed by atoms with Crippen LogP contribution in [0.15, 0.2) is 18.2 Å². The smallest absolute Gasteiger partial charge is 0.294 e. The second-order valence-corrected chi connectivity index (χ2v) is 3.85. The molecule has 0 aromatic heterocycles. The SMILES string of the molecule is Cc1cc(F)ccc1C(=O)CCCC(F)(F)F. The summed E-state index contributed by atoms with van der Waals surface area (Å²) in [6.45, 7) is 1.56. The van der Waals surface area contributed by atoms with Gasteiger partial charge in [-0.25, -0.2) is 4.39 Å². The third-order valence-electron chi connectivity index (χ3n) is 2.35. The van der Waals surface area contributed by atoms with Crippen LogP contribution in [0.4, 0.5) is 17.6 Å². The van der Waals surface area contributed by atoms with E-state index in [0.29, 0.717) is 5.56 Å². The molecule has 0 saturated carbocycles. The lowest BCUT2D eigenvalue weighted by atomic mass is 10.0. The molecule has 0 heterocycles. The molecule has 1 aromatic rings. The lowest BCUT2D eigenvalue weighted by molar-refractivity contribution is -0.135. The molecule has 1 rings (SSSR count). The maximum Gasteiger partial charge on any atom is 0.389 e. The highest BCUT2D eigenvalue weighted by Crippen LogP contribution is 2.23. The van der Waals surface area contributed by atoms with E-state index in [1.807, 2.05) is 0 Å². The molecule has 5 heteroatoms. The number of benzene rings is 1. The largest absolute Gasteiger partial charge is 0.389 e. The molecular weight excluding hydrogens is 236 g/mol. The molecule has 0 amide bonds. The van der Waals surface area contributed by atoms with E-state index in [9.17, 15) is 22.4 Å². The Balaban J connectivity index is 2.59. The fraction of sp³-hybridized carbons (Fsp3) is 0.417. The van der Waals surface area contributed by atoms with Gasteiger partial charge in [0.15, 0.2) is 5.78 Å². The van der Waals surface area contributed by atoms with Crippen LogP contribution >= 0.6 is 0 Å². The fourth-order valence-electron chi connectivity index (χ4n) is 1.52. The maximum absolute atomic E-state index is 12.8. The van der Waals surface area contributed by atoms with Crippen molar-refractivity contribution < 1.29 is 22.4 Å². The van der Waals surface area contributed by atoms with E-state index >= 15 is 0 Å². The van der Waals surface area contributed by atoms with Crippen LogP contribution in [0.1, 0.15) is 35.2 Å². The predicted octanol–water partition coefficient (Wildman–Crippen LogP) is 4.05. The molecule has 0 unspecified atom stereocenters. The van der Waals surface area contributed by atoms with E-state index < -0.39 is 18.4 Å². The number of Topliss-reactive ketones (excluding diaryl/α,β-unsaturated/α-hetero) is 1. The van der Waals surface area contributed by atoms with Gasteiger partial charge in [-0.2, -0.15) is 13.2 Å². The quantitative estimate of drug-likeness (QED) is 0.580. The summed E-state index contributed by atoms with van der Waals surface area (Å²) in [5.74, 6) is -0.846. The number of ketones is 1. The van der Waals surface area contributed by atoms with Crippen LogP contribution in [-0.2, 0) is 0 Å². The van der Waals surface area contributed by atoms with E-state index in [4.69, 9.17) is 0 Å². The lowest BCUT2D eigenvalue weighted by Gasteiger charge is -2.07. The van der Waals surface area contributed by atoms with Crippen molar-refractivity contribution in [1.82, 2.24) is 0 Å². The minimum atomic E-state index is -4.24. The van der Waals surface area contributed by atoms with Crippen molar-refractivity contribution in [2.75, 3.05) is 0 Å². The van der Waals surface area contributed by atoms with E-state index in [1.165, 1.54) is 12.1 Å². The van der Waals surface area contributed by atoms with Crippen molar-refractivity contribution in [3.05, 3.63) is 35.1 Å². The molecule has 0 aliphatic rings. The molecular formula is C12H12F4O. The first-order valence-corrected chi connectivity index (χ1v) is 5.16. The van der Waals surface area contributed by atoms with Gasteiger partial charge in [-0.1, -0.05) is 0 Å². The number of alkyl halides is 3. The molecule has 17 heavy (non-hydrogen) atoms. The first-order valence-electron chi connectivity index (χ1n) is 5.16. The molecule has 0 radical (unpaired) electrons. The standard InChI is InChI=1S/C12H12F4O/c1-8-7-9(13)4-5-10(8)11(17)3-2-6-12(14,15)16/h4-5,7H,2-3,6H2,1H3. The van der Waals surface area contributed by atoms with Gasteiger partial charge in [0.2, 0.25) is 0 Å². The Kier molecular flexibility index (Phi) is 4.26. The van der Waals surface area contributed by atoms with Crippen molar-refractivity contribution in [3.8, 4) is 0 Å². The molecule has 0 spiro atoms. The second kappa shape index (κ2) is 5.29. The van der Waals surface area contributed by atoms with Crippen LogP contribution in [-0.4, -0.2) is 12.0 Å². The molecule has 0 N–H and O–H groups in total. The van der Waals surface area contributed by atoms with Gasteiger partial charge < -0.3 is 0 Å². The summed E-state index contributed by atoms with van der Waals surface area (Å²) >= 11 is 0. The normalized spacial score (nSPS) is 11.6. The van der Waals surface area contributed by atoms with Gasteiger partial charge in [0.05, 0.1) is 0 Å². The van der Waals surface area contributed by atoms with E-state index in [1.54, 1.807) is 6.92 Å². The maximum atomic E-state index is 12.8. The number of carbonyl (C=O) groups is 1. The molecule has 0 aliphatic heterocycles. The molecule has 0 aliphatic carbocycles. The summed E-state index contributed by atoms with van der Waals surface area (Å²) in [7, 11) is 0. The average Bonchev–Trinajstić information content (AvgIpc) is 2.15. The zero-order valence-corrected chi connectivity index (χ0v) is 9.27. The van der Waals surface area contributed by atoms with Gasteiger partial charge in [0.25, 0.3) is 0 Å². The highest BCUT2D eigenvalue weighted by Gasteiger charge is 2.26. The molecule has 1 nitrogen and oxygen atoms in total. The van der Waals surface area contributed by atoms with Gasteiger partial charge in [-0.15, -0.1) is 0 Å². The van der Waals surface area contributed by atoms with Crippen molar-refractivity contribution in [3.63, 3.8) is 0 Å². The van der Waals surface area contributed by atoms with E-state index in [2.05, 4.69) is 0 Å². The van der Waals surface area contributed by atoms with Gasteiger partial charge in [-0.05, 0) is 37.1 Å². The van der Waals surface area contributed by atoms with Crippen LogP contribution < -0.4 is 0 Å². The number of hydrogen-bond donors (Lipinski definition) is 0. The van der Waals surface area contributed by atoms with Crippen LogP contribution in [0.25, 0.3) is 0 Å². The van der Waals surface area contributed by atoms with Gasteiger partial charge in [0, 0.05) is 18.4 Å². The molecule has 0 saturated heterocycles. The second-order valence-electron chi connectivity index (χ2n) is 3.85. The summed E-state index contributed by atoms with van der Waals surface area (Å²) in [5, 5.41) is 0. The fourth-order valence-corrected chi connectivity index (χ4v) is 1.52. The Morgan fingerprint density at radius 3 is 2.47 bits per heavy atom. The van der Waals surface area contributed by atoms with Crippen LogP contribution in [0.5, 0.6) is 0 Å². The van der Waals surface area contributed by atoms with Crippen LogP contribution in [0, 0.1) is 12.7 Å². The minimum absolute atomic E-state index is 0.175. The predicted molar refractivity (Wildman–Crippen MR) is 55.4 cm³/mol. The molecule has 1 aromatic carbocycles. The number of rotatable bonds is 4. The Bertz CT molecular complexity index is 409. The average molecular weight is 248 g/mol. The summed E-state index contributed by atoms with van der Waals surface area (Å²) in [6, 6.07) is 3.63. The van der Waals surface area contributed by atoms with Crippen LogP contribution in [0.2, 0.25) is 0 Å². The molecule has 0 fully saturated rings. The summed E-state index contributed by atoms with van der Waals surface area (Å²) < 4.78 is 48.4. The van der Waals surface area contributed by atoms with E-state index in [-0.39, 0.29) is 24.2 Å². The van der Waals surface area contributed by atoms with E-state index in [0.717, 1.165) is 6.07 Å². The summed E-state index contributed by atoms with van der Waals surface area (Å²) in [6.07, 6.45) is -5.62. The van der Waals surface area contributed by atoms with Crippen molar-refractivity contribution >= 4 is 5.78 Å². The van der Waals surface area contributed by atoms with Crippen LogP contribution in [0.3, 0.4) is 0 Å².